The third-order valence-corrected chi connectivity index (χ3v) is 6.77. The smallest absolute Gasteiger partial charge is 0.296 e. The first kappa shape index (κ1) is 25.1. The van der Waals surface area contributed by atoms with E-state index in [0.717, 1.165) is 12.2 Å². The number of anilines is 1. The maximum absolute atomic E-state index is 13.3. The van der Waals surface area contributed by atoms with E-state index in [9.17, 15) is 14.4 Å². The van der Waals surface area contributed by atoms with E-state index >= 15 is 0 Å². The van der Waals surface area contributed by atoms with E-state index in [1.54, 1.807) is 42.5 Å². The molecule has 0 bridgehead atoms. The van der Waals surface area contributed by atoms with E-state index < -0.39 is 5.91 Å². The minimum Gasteiger partial charge on any atom is -0.497 e. The first-order chi connectivity index (χ1) is 18.3. The Morgan fingerprint density at radius 3 is 2.53 bits per heavy atom. The van der Waals surface area contributed by atoms with E-state index in [-0.39, 0.29) is 23.4 Å². The Hall–Kier alpha value is -4.59. The van der Waals surface area contributed by atoms with Crippen LogP contribution in [0.4, 0.5) is 5.69 Å². The molecule has 0 aromatic heterocycles. The number of hydrogen-bond donors (Lipinski definition) is 0. The lowest BCUT2D eigenvalue weighted by Crippen LogP contribution is -2.54. The molecule has 1 saturated heterocycles. The fourth-order valence-corrected chi connectivity index (χ4v) is 4.78. The second-order valence-electron chi connectivity index (χ2n) is 9.49. The van der Waals surface area contributed by atoms with E-state index in [1.807, 2.05) is 11.0 Å². The zero-order chi connectivity index (χ0) is 26.8. The van der Waals surface area contributed by atoms with Gasteiger partial charge in [-0.25, -0.2) is 9.98 Å². The van der Waals surface area contributed by atoms with Gasteiger partial charge in [-0.1, -0.05) is 24.3 Å². The fourth-order valence-electron chi connectivity index (χ4n) is 4.78. The summed E-state index contributed by atoms with van der Waals surface area (Å²) in [4.78, 5) is 51.3. The summed E-state index contributed by atoms with van der Waals surface area (Å²) >= 11 is 0. The molecule has 2 amide bonds. The third-order valence-electron chi connectivity index (χ3n) is 6.77. The molecule has 2 aliphatic rings. The van der Waals surface area contributed by atoms with Crippen LogP contribution in [0.15, 0.2) is 88.5 Å². The van der Waals surface area contributed by atoms with E-state index in [1.165, 1.54) is 18.7 Å². The number of ether oxygens (including phenoxy) is 1. The Labute approximate surface area is 220 Å². The average Bonchev–Trinajstić information content (AvgIpc) is 2.92. The zero-order valence-corrected chi connectivity index (χ0v) is 21.5. The molecule has 1 atom stereocenters. The number of carbonyl (C=O) groups is 3. The highest BCUT2D eigenvalue weighted by Crippen LogP contribution is 2.22. The largest absolute Gasteiger partial charge is 0.497 e. The molecule has 2 aliphatic heterocycles. The zero-order valence-electron chi connectivity index (χ0n) is 21.5. The summed E-state index contributed by atoms with van der Waals surface area (Å²) in [6.45, 7) is 6.10. The quantitative estimate of drug-likeness (QED) is 0.391. The van der Waals surface area contributed by atoms with Crippen molar-refractivity contribution in [3.8, 4) is 5.75 Å². The van der Waals surface area contributed by atoms with Crippen molar-refractivity contribution in [2.75, 3.05) is 31.6 Å². The summed E-state index contributed by atoms with van der Waals surface area (Å²) in [7, 11) is 1.52. The SMILES string of the molecule is COc1cccc(C(=O)/C=C2\N=c3ccc(C(=O)N4CCN(c5cccc(C)c5)C(C)C4)cc3=NC2=O)c1. The van der Waals surface area contributed by atoms with Gasteiger partial charge in [0.25, 0.3) is 11.8 Å². The molecule has 0 saturated carbocycles. The first-order valence-corrected chi connectivity index (χ1v) is 12.5. The lowest BCUT2D eigenvalue weighted by molar-refractivity contribution is -0.114. The van der Waals surface area contributed by atoms with E-state index in [2.05, 4.69) is 46.9 Å². The maximum Gasteiger partial charge on any atom is 0.296 e. The van der Waals surface area contributed by atoms with Gasteiger partial charge in [0.05, 0.1) is 17.8 Å². The predicted octanol–water partition coefficient (Wildman–Crippen LogP) is 2.90. The van der Waals surface area contributed by atoms with Gasteiger partial charge in [0.2, 0.25) is 0 Å². The minimum absolute atomic E-state index is 0.0505. The second-order valence-corrected chi connectivity index (χ2v) is 9.49. The summed E-state index contributed by atoms with van der Waals surface area (Å²) in [5, 5.41) is 0.752. The Bertz CT molecular complexity index is 1590. The number of hydrogen-bond acceptors (Lipinski definition) is 6. The Morgan fingerprint density at radius 1 is 0.947 bits per heavy atom. The van der Waals surface area contributed by atoms with Crippen LogP contribution in [-0.2, 0) is 4.79 Å². The molecule has 8 nitrogen and oxygen atoms in total. The number of amides is 2. The second kappa shape index (κ2) is 10.4. The number of fused-ring (bicyclic) bond motifs is 1. The van der Waals surface area contributed by atoms with Crippen LogP contribution < -0.4 is 20.4 Å². The molecule has 2 heterocycles. The molecule has 3 aromatic carbocycles. The first-order valence-electron chi connectivity index (χ1n) is 12.5. The molecule has 3 aromatic rings. The monoisotopic (exact) mass is 508 g/mol. The van der Waals surface area contributed by atoms with Gasteiger partial charge < -0.3 is 14.5 Å². The van der Waals surface area contributed by atoms with Gasteiger partial charge in [-0.05, 0) is 61.9 Å². The number of methoxy groups -OCH3 is 1. The topological polar surface area (TPSA) is 91.6 Å². The molecule has 0 aliphatic carbocycles. The van der Waals surface area contributed by atoms with Gasteiger partial charge in [-0.3, -0.25) is 14.4 Å². The summed E-state index contributed by atoms with van der Waals surface area (Å²) in [6, 6.07) is 20.1. The Kier molecular flexibility index (Phi) is 6.87. The van der Waals surface area contributed by atoms with Crippen LogP contribution in [0.2, 0.25) is 0 Å². The van der Waals surface area contributed by atoms with Crippen LogP contribution in [0, 0.1) is 6.92 Å². The van der Waals surface area contributed by atoms with E-state index in [0.29, 0.717) is 40.7 Å². The van der Waals surface area contributed by atoms with Crippen molar-refractivity contribution in [1.82, 2.24) is 4.90 Å². The highest BCUT2D eigenvalue weighted by Gasteiger charge is 2.28. The number of ketones is 1. The van der Waals surface area contributed by atoms with E-state index in [4.69, 9.17) is 4.74 Å². The van der Waals surface area contributed by atoms with Crippen molar-refractivity contribution < 1.29 is 19.1 Å². The standard InChI is InChI=1S/C30H28N4O4/c1-19-6-4-8-23(14-19)34-13-12-33(18-20(34)2)30(37)22-10-11-25-26(16-22)32-29(36)27(31-25)17-28(35)21-7-5-9-24(15-21)38-3/h4-11,14-17,20H,12-13,18H2,1-3H3/b27-17-. The van der Waals surface area contributed by atoms with Gasteiger partial charge in [-0.2, -0.15) is 0 Å². The molecule has 38 heavy (non-hydrogen) atoms. The van der Waals surface area contributed by atoms with Crippen LogP contribution in [0.1, 0.15) is 33.2 Å². The predicted molar refractivity (Wildman–Crippen MR) is 143 cm³/mol. The molecular weight excluding hydrogens is 480 g/mol. The van der Waals surface area contributed by atoms with Crippen molar-refractivity contribution in [2.45, 2.75) is 19.9 Å². The molecule has 0 spiro atoms. The lowest BCUT2D eigenvalue weighted by atomic mass is 10.1. The van der Waals surface area contributed by atoms with Crippen LogP contribution >= 0.6 is 0 Å². The lowest BCUT2D eigenvalue weighted by Gasteiger charge is -2.41. The Balaban J connectivity index is 1.33. The van der Waals surface area contributed by atoms with Gasteiger partial charge in [-0.15, -0.1) is 0 Å². The molecule has 1 unspecified atom stereocenters. The summed E-state index contributed by atoms with van der Waals surface area (Å²) in [5.74, 6) is -0.570. The van der Waals surface area contributed by atoms with Crippen molar-refractivity contribution in [3.05, 3.63) is 106 Å². The van der Waals surface area contributed by atoms with Gasteiger partial charge in [0, 0.05) is 48.6 Å². The number of rotatable bonds is 5. The third kappa shape index (κ3) is 5.11. The van der Waals surface area contributed by atoms with Crippen LogP contribution in [0.5, 0.6) is 5.75 Å². The fraction of sp³-hybridized carbons (Fsp3) is 0.233. The van der Waals surface area contributed by atoms with Crippen molar-refractivity contribution in [3.63, 3.8) is 0 Å². The molecular formula is C30H28N4O4. The van der Waals surface area contributed by atoms with Crippen LogP contribution in [0.25, 0.3) is 0 Å². The van der Waals surface area contributed by atoms with Crippen molar-refractivity contribution in [2.24, 2.45) is 9.98 Å². The van der Waals surface area contributed by atoms with Crippen molar-refractivity contribution in [1.29, 1.82) is 0 Å². The number of aryl methyl sites for hydroxylation is 1. The molecule has 0 N–H and O–H groups in total. The van der Waals surface area contributed by atoms with Crippen LogP contribution in [-0.4, -0.2) is 55.3 Å². The minimum atomic E-state index is -0.626. The van der Waals surface area contributed by atoms with Gasteiger partial charge in [0.15, 0.2) is 5.78 Å². The van der Waals surface area contributed by atoms with Crippen LogP contribution in [0.3, 0.4) is 0 Å². The molecule has 0 radical (unpaired) electrons. The molecule has 8 heteroatoms. The summed E-state index contributed by atoms with van der Waals surface area (Å²) in [6.07, 6.45) is 1.18. The average molecular weight is 509 g/mol. The molecule has 1 fully saturated rings. The number of carbonyl (C=O) groups excluding carboxylic acids is 3. The molecule has 192 valence electrons. The van der Waals surface area contributed by atoms with Gasteiger partial charge in [0.1, 0.15) is 11.4 Å². The number of benzene rings is 3. The number of allylic oxidation sites excluding steroid dienone is 1. The van der Waals surface area contributed by atoms with Crippen molar-refractivity contribution >= 4 is 23.3 Å². The summed E-state index contributed by atoms with van der Waals surface area (Å²) in [5.41, 5.74) is 3.14. The summed E-state index contributed by atoms with van der Waals surface area (Å²) < 4.78 is 5.16. The maximum atomic E-state index is 13.3. The highest BCUT2D eigenvalue weighted by molar-refractivity contribution is 6.10. The number of piperazine rings is 1. The normalized spacial score (nSPS) is 17.9. The highest BCUT2D eigenvalue weighted by atomic mass is 16.5. The van der Waals surface area contributed by atoms with Gasteiger partial charge >= 0.3 is 0 Å². The number of nitrogens with zero attached hydrogens (tertiary/aromatic N) is 4. The Morgan fingerprint density at radius 2 is 1.76 bits per heavy atom. The molecule has 5 rings (SSSR count).